The van der Waals surface area contributed by atoms with Crippen LogP contribution in [0.3, 0.4) is 0 Å². The van der Waals surface area contributed by atoms with Crippen LogP contribution in [0.1, 0.15) is 77.3 Å². The lowest BCUT2D eigenvalue weighted by atomic mass is 9.93. The summed E-state index contributed by atoms with van der Waals surface area (Å²) in [7, 11) is 3.37. The summed E-state index contributed by atoms with van der Waals surface area (Å²) < 4.78 is 17.3. The molecule has 2 aliphatic carbocycles. The first-order valence-corrected chi connectivity index (χ1v) is 17.3. The van der Waals surface area contributed by atoms with Crippen LogP contribution < -0.4 is 14.8 Å². The van der Waals surface area contributed by atoms with Crippen LogP contribution in [-0.2, 0) is 19.1 Å². The van der Waals surface area contributed by atoms with Gasteiger partial charge in [0.05, 0.1) is 42.1 Å². The summed E-state index contributed by atoms with van der Waals surface area (Å²) in [5.74, 6) is -0.496. The van der Waals surface area contributed by atoms with Crippen molar-refractivity contribution in [3.05, 3.63) is 41.9 Å². The van der Waals surface area contributed by atoms with Crippen LogP contribution in [0.5, 0.6) is 11.6 Å². The number of unbranched alkanes of at least 4 members (excludes halogenated alkanes) is 2. The first kappa shape index (κ1) is 34.3. The maximum atomic E-state index is 13.9. The molecule has 2 fully saturated rings. The standard InChI is InChI=1S/C35H45N5O6S/c1-7-9-10-11-16-40(5)33(42)26-18-23(17-25(26)30(41)39-35(14-15-35)34(43)45-8-2)46-31-24-13-12-22(44-6)19-27(24)36-29(38-31)32-37-28(20-47-32)21(3)4/h7,12-13,19-21,23,25-26H,1,8-11,14-18H2,2-6H3,(H,39,41)/t23-,25-,26-/m1/s1. The normalized spacial score (nSPS) is 19.7. The summed E-state index contributed by atoms with van der Waals surface area (Å²) in [5.41, 5.74) is 0.572. The molecule has 0 spiro atoms. The van der Waals surface area contributed by atoms with E-state index >= 15 is 0 Å². The fraction of sp³-hybridized carbons (Fsp3) is 0.543. The van der Waals surface area contributed by atoms with E-state index < -0.39 is 29.4 Å². The number of nitrogens with zero attached hydrogens (tertiary/aromatic N) is 4. The van der Waals surface area contributed by atoms with Crippen LogP contribution in [0.4, 0.5) is 0 Å². The summed E-state index contributed by atoms with van der Waals surface area (Å²) in [6.07, 6.45) is 5.66. The van der Waals surface area contributed by atoms with E-state index in [1.54, 1.807) is 26.0 Å². The van der Waals surface area contributed by atoms with E-state index in [1.807, 2.05) is 29.7 Å². The lowest BCUT2D eigenvalue weighted by molar-refractivity contribution is -0.149. The number of carbonyl (C=O) groups excluding carboxylic acids is 3. The number of esters is 1. The quantitative estimate of drug-likeness (QED) is 0.124. The van der Waals surface area contributed by atoms with E-state index in [0.717, 1.165) is 25.0 Å². The molecule has 2 heterocycles. The molecule has 0 saturated heterocycles. The van der Waals surface area contributed by atoms with Gasteiger partial charge < -0.3 is 24.4 Å². The second kappa shape index (κ2) is 14.8. The Bertz CT molecular complexity index is 1620. The van der Waals surface area contributed by atoms with Crippen LogP contribution in [0.25, 0.3) is 21.7 Å². The summed E-state index contributed by atoms with van der Waals surface area (Å²) in [6.45, 7) is 10.5. The Morgan fingerprint density at radius 2 is 1.91 bits per heavy atom. The van der Waals surface area contributed by atoms with Crippen molar-refractivity contribution in [1.29, 1.82) is 0 Å². The number of carbonyl (C=O) groups is 3. The molecule has 1 N–H and O–H groups in total. The number of fused-ring (bicyclic) bond motifs is 1. The van der Waals surface area contributed by atoms with Gasteiger partial charge in [0.2, 0.25) is 17.7 Å². The maximum absolute atomic E-state index is 13.9. The number of methoxy groups -OCH3 is 1. The lowest BCUT2D eigenvalue weighted by Crippen LogP contribution is -2.48. The largest absolute Gasteiger partial charge is 0.497 e. The van der Waals surface area contributed by atoms with Gasteiger partial charge in [-0.25, -0.2) is 14.8 Å². The number of nitrogens with one attached hydrogen (secondary N) is 1. The van der Waals surface area contributed by atoms with Gasteiger partial charge >= 0.3 is 5.97 Å². The summed E-state index contributed by atoms with van der Waals surface area (Å²) in [4.78, 5) is 56.4. The molecule has 0 bridgehead atoms. The van der Waals surface area contributed by atoms with Gasteiger partial charge in [0.25, 0.3) is 0 Å². The fourth-order valence-electron chi connectivity index (χ4n) is 5.99. The van der Waals surface area contributed by atoms with Crippen LogP contribution in [0, 0.1) is 11.8 Å². The van der Waals surface area contributed by atoms with Crippen LogP contribution in [0.2, 0.25) is 0 Å². The third kappa shape index (κ3) is 7.75. The van der Waals surface area contributed by atoms with Gasteiger partial charge in [-0.2, -0.15) is 4.98 Å². The molecule has 0 aliphatic heterocycles. The summed E-state index contributed by atoms with van der Waals surface area (Å²) >= 11 is 1.47. The third-order valence-electron chi connectivity index (χ3n) is 8.93. The highest BCUT2D eigenvalue weighted by molar-refractivity contribution is 7.13. The first-order chi connectivity index (χ1) is 22.6. The number of allylic oxidation sites excluding steroid dienone is 1. The van der Waals surface area contributed by atoms with Gasteiger partial charge in [0.1, 0.15) is 17.4 Å². The molecular formula is C35H45N5O6S. The van der Waals surface area contributed by atoms with Crippen LogP contribution in [0.15, 0.2) is 36.2 Å². The van der Waals surface area contributed by atoms with Gasteiger partial charge in [-0.15, -0.1) is 17.9 Å². The molecule has 2 saturated carbocycles. The zero-order chi connectivity index (χ0) is 33.7. The molecule has 1 aromatic carbocycles. The molecule has 0 radical (unpaired) electrons. The molecule has 3 aromatic rings. The highest BCUT2D eigenvalue weighted by Crippen LogP contribution is 2.41. The Morgan fingerprint density at radius 1 is 1.15 bits per heavy atom. The van der Waals surface area contributed by atoms with Crippen molar-refractivity contribution >= 4 is 40.0 Å². The molecular weight excluding hydrogens is 618 g/mol. The van der Waals surface area contributed by atoms with E-state index in [2.05, 4.69) is 25.7 Å². The molecule has 11 nitrogen and oxygen atoms in total. The molecule has 12 heteroatoms. The van der Waals surface area contributed by atoms with Gasteiger partial charge in [-0.1, -0.05) is 19.9 Å². The van der Waals surface area contributed by atoms with Crippen molar-refractivity contribution in [2.24, 2.45) is 11.8 Å². The van der Waals surface area contributed by atoms with E-state index in [-0.39, 0.29) is 30.8 Å². The molecule has 0 unspecified atom stereocenters. The van der Waals surface area contributed by atoms with Crippen molar-refractivity contribution in [2.45, 2.75) is 83.3 Å². The number of aromatic nitrogens is 3. The molecule has 47 heavy (non-hydrogen) atoms. The minimum atomic E-state index is -1.02. The summed E-state index contributed by atoms with van der Waals surface area (Å²) in [6, 6.07) is 5.50. The minimum Gasteiger partial charge on any atom is -0.497 e. The predicted octanol–water partition coefficient (Wildman–Crippen LogP) is 5.69. The molecule has 5 rings (SSSR count). The Morgan fingerprint density at radius 3 is 2.57 bits per heavy atom. The lowest BCUT2D eigenvalue weighted by Gasteiger charge is -2.26. The van der Waals surface area contributed by atoms with Gasteiger partial charge in [0.15, 0.2) is 10.8 Å². The first-order valence-electron chi connectivity index (χ1n) is 16.4. The zero-order valence-electron chi connectivity index (χ0n) is 27.9. The smallest absolute Gasteiger partial charge is 0.331 e. The molecule has 252 valence electrons. The number of rotatable bonds is 15. The van der Waals surface area contributed by atoms with Crippen LogP contribution in [-0.4, -0.2) is 76.6 Å². The second-order valence-corrected chi connectivity index (χ2v) is 13.6. The Labute approximate surface area is 280 Å². The molecule has 3 atom stereocenters. The number of hydrogen-bond acceptors (Lipinski definition) is 10. The van der Waals surface area contributed by atoms with Gasteiger partial charge in [-0.05, 0) is 69.9 Å². The van der Waals surface area contributed by atoms with E-state index in [1.165, 1.54) is 11.3 Å². The van der Waals surface area contributed by atoms with Gasteiger partial charge in [0, 0.05) is 25.0 Å². The number of benzene rings is 1. The van der Waals surface area contributed by atoms with Crippen molar-refractivity contribution in [3.63, 3.8) is 0 Å². The minimum absolute atomic E-state index is 0.113. The van der Waals surface area contributed by atoms with E-state index in [4.69, 9.17) is 29.2 Å². The number of ether oxygens (including phenoxy) is 3. The number of thiazole rings is 1. The van der Waals surface area contributed by atoms with E-state index in [0.29, 0.717) is 59.2 Å². The van der Waals surface area contributed by atoms with Gasteiger partial charge in [-0.3, -0.25) is 9.59 Å². The number of amides is 2. The average Bonchev–Trinajstić information content (AvgIpc) is 3.46. The second-order valence-electron chi connectivity index (χ2n) is 12.7. The third-order valence-corrected chi connectivity index (χ3v) is 9.79. The van der Waals surface area contributed by atoms with Crippen molar-refractivity contribution in [3.8, 4) is 22.5 Å². The van der Waals surface area contributed by atoms with Crippen molar-refractivity contribution < 1.29 is 28.6 Å². The monoisotopic (exact) mass is 663 g/mol. The van der Waals surface area contributed by atoms with Crippen LogP contribution >= 0.6 is 11.3 Å². The highest BCUT2D eigenvalue weighted by Gasteiger charge is 2.55. The van der Waals surface area contributed by atoms with Crippen molar-refractivity contribution in [2.75, 3.05) is 27.3 Å². The Balaban J connectivity index is 1.43. The molecule has 2 aromatic heterocycles. The average molecular weight is 664 g/mol. The maximum Gasteiger partial charge on any atom is 0.331 e. The Hall–Kier alpha value is -4.06. The highest BCUT2D eigenvalue weighted by atomic mass is 32.1. The Kier molecular flexibility index (Phi) is 10.8. The number of hydrogen-bond donors (Lipinski definition) is 1. The fourth-order valence-corrected chi connectivity index (χ4v) is 6.90. The van der Waals surface area contributed by atoms with E-state index in [9.17, 15) is 14.4 Å². The topological polar surface area (TPSA) is 133 Å². The summed E-state index contributed by atoms with van der Waals surface area (Å²) in [5, 5.41) is 6.31. The SMILES string of the molecule is C=CCCCCN(C)C(=O)[C@@H]1C[C@H](Oc2nc(-c3nc(C(C)C)cs3)nc3cc(OC)ccc23)C[C@H]1C(=O)NC1(C(=O)OCC)CC1. The molecule has 2 amide bonds. The van der Waals surface area contributed by atoms with Crippen molar-refractivity contribution in [1.82, 2.24) is 25.2 Å². The molecule has 2 aliphatic rings. The predicted molar refractivity (Wildman–Crippen MR) is 180 cm³/mol. The zero-order valence-corrected chi connectivity index (χ0v) is 28.7.